The first-order valence-electron chi connectivity index (χ1n) is 10.6. The first-order valence-corrected chi connectivity index (χ1v) is 10.6. The molecule has 155 valence electrons. The van der Waals surface area contributed by atoms with Gasteiger partial charge in [0.05, 0.1) is 17.0 Å². The Labute approximate surface area is 181 Å². The van der Waals surface area contributed by atoms with E-state index in [4.69, 9.17) is 4.98 Å². The zero-order valence-electron chi connectivity index (χ0n) is 17.4. The number of nitrogens with zero attached hydrogens (tertiary/aromatic N) is 3. The highest BCUT2D eigenvalue weighted by Gasteiger charge is 2.23. The Hall–Kier alpha value is -3.51. The number of carbonyl (C=O) groups is 1. The summed E-state index contributed by atoms with van der Waals surface area (Å²) in [5.41, 5.74) is 6.13. The van der Waals surface area contributed by atoms with E-state index >= 15 is 0 Å². The van der Waals surface area contributed by atoms with Crippen molar-refractivity contribution in [2.24, 2.45) is 0 Å². The molecular formula is C25H24N5O. The molecule has 1 fully saturated rings. The molecule has 2 aromatic heterocycles. The average molecular weight is 411 g/mol. The van der Waals surface area contributed by atoms with Crippen molar-refractivity contribution in [1.82, 2.24) is 20.6 Å². The van der Waals surface area contributed by atoms with Crippen LogP contribution < -0.4 is 16.0 Å². The summed E-state index contributed by atoms with van der Waals surface area (Å²) in [6.07, 6.45) is 7.47. The largest absolute Gasteiger partial charge is 0.340 e. The zero-order chi connectivity index (χ0) is 21.2. The minimum absolute atomic E-state index is 0.289. The fourth-order valence-corrected chi connectivity index (χ4v) is 4.20. The molecule has 6 heteroatoms. The number of aryl methyl sites for hydroxylation is 1. The monoisotopic (exact) mass is 410 g/mol. The van der Waals surface area contributed by atoms with Crippen molar-refractivity contribution in [1.29, 1.82) is 0 Å². The molecule has 0 bridgehead atoms. The summed E-state index contributed by atoms with van der Waals surface area (Å²) in [6.45, 7) is 4.16. The molecule has 6 nitrogen and oxygen atoms in total. The molecular weight excluding hydrogens is 386 g/mol. The number of carbonyl (C=O) groups excluding carboxylic acids is 1. The highest BCUT2D eigenvalue weighted by atomic mass is 16.1. The van der Waals surface area contributed by atoms with Gasteiger partial charge in [-0.2, -0.15) is 0 Å². The van der Waals surface area contributed by atoms with E-state index in [1.165, 1.54) is 11.8 Å². The minimum atomic E-state index is -0.289. The first-order chi connectivity index (χ1) is 15.2. The Morgan fingerprint density at radius 3 is 2.61 bits per heavy atom. The maximum Gasteiger partial charge on any atom is 0.281 e. The maximum atomic E-state index is 12.5. The Morgan fingerprint density at radius 2 is 1.84 bits per heavy atom. The summed E-state index contributed by atoms with van der Waals surface area (Å²) in [5, 5.41) is 10.7. The maximum absolute atomic E-state index is 12.5. The third kappa shape index (κ3) is 4.07. The van der Waals surface area contributed by atoms with Crippen LogP contribution in [0.15, 0.2) is 54.9 Å². The quantitative estimate of drug-likeness (QED) is 0.667. The van der Waals surface area contributed by atoms with E-state index in [0.29, 0.717) is 17.3 Å². The number of piperidine rings is 1. The molecule has 0 unspecified atom stereocenters. The van der Waals surface area contributed by atoms with Crippen LogP contribution in [0, 0.1) is 6.92 Å². The summed E-state index contributed by atoms with van der Waals surface area (Å²) in [4.78, 5) is 21.8. The molecule has 0 atom stereocenters. The Morgan fingerprint density at radius 1 is 1.03 bits per heavy atom. The second kappa shape index (κ2) is 8.32. The fourth-order valence-electron chi connectivity index (χ4n) is 4.20. The average Bonchev–Trinajstić information content (AvgIpc) is 2.80. The van der Waals surface area contributed by atoms with Gasteiger partial charge in [0.15, 0.2) is 0 Å². The van der Waals surface area contributed by atoms with Gasteiger partial charge in [-0.25, -0.2) is 10.3 Å². The van der Waals surface area contributed by atoms with Crippen LogP contribution in [0.1, 0.15) is 45.8 Å². The highest BCUT2D eigenvalue weighted by molar-refractivity contribution is 6.05. The second-order valence-corrected chi connectivity index (χ2v) is 8.06. The topological polar surface area (TPSA) is 81.0 Å². The van der Waals surface area contributed by atoms with E-state index < -0.39 is 0 Å². The lowest BCUT2D eigenvalue weighted by molar-refractivity contribution is 0.0965. The van der Waals surface area contributed by atoms with Crippen LogP contribution in [-0.2, 0) is 0 Å². The van der Waals surface area contributed by atoms with Crippen molar-refractivity contribution >= 4 is 23.5 Å². The van der Waals surface area contributed by atoms with Gasteiger partial charge >= 0.3 is 0 Å². The molecule has 1 saturated heterocycles. The molecule has 31 heavy (non-hydrogen) atoms. The molecule has 1 amide bonds. The molecule has 2 aliphatic heterocycles. The van der Waals surface area contributed by atoms with E-state index in [9.17, 15) is 4.79 Å². The fraction of sp³-hybridized carbons (Fsp3) is 0.240. The van der Waals surface area contributed by atoms with E-state index in [2.05, 4.69) is 45.2 Å². The third-order valence-corrected chi connectivity index (χ3v) is 5.87. The number of hydrogen-bond acceptors (Lipinski definition) is 5. The van der Waals surface area contributed by atoms with Crippen LogP contribution >= 0.6 is 0 Å². The van der Waals surface area contributed by atoms with Crippen molar-refractivity contribution in [3.63, 3.8) is 0 Å². The summed E-state index contributed by atoms with van der Waals surface area (Å²) >= 11 is 0. The van der Waals surface area contributed by atoms with Crippen LogP contribution in [0.25, 0.3) is 17.5 Å². The number of anilines is 2. The predicted octanol–water partition coefficient (Wildman–Crippen LogP) is 4.39. The van der Waals surface area contributed by atoms with Crippen LogP contribution in [0.5, 0.6) is 0 Å². The highest BCUT2D eigenvalue weighted by Crippen LogP contribution is 2.31. The molecule has 0 spiro atoms. The summed E-state index contributed by atoms with van der Waals surface area (Å²) in [7, 11) is 0. The predicted molar refractivity (Wildman–Crippen MR) is 122 cm³/mol. The van der Waals surface area contributed by atoms with E-state index in [1.807, 2.05) is 31.2 Å². The lowest BCUT2D eigenvalue weighted by Crippen LogP contribution is -2.26. The van der Waals surface area contributed by atoms with Crippen molar-refractivity contribution in [3.8, 4) is 11.4 Å². The lowest BCUT2D eigenvalue weighted by Gasteiger charge is -2.23. The standard InChI is InChI=1S/C25H24N5O/c1-16-6-12-27-21(14-16)22-15-19-9-13-28-25(31)23(19)24(30-22)29-20-4-2-17(3-5-20)18-7-10-26-11-8-18/h2-6,9,12-15,18,26H,7-8,10-11H2,1H3,(H,29,30). The van der Waals surface area contributed by atoms with Gasteiger partial charge in [-0.3, -0.25) is 9.78 Å². The van der Waals surface area contributed by atoms with Crippen molar-refractivity contribution in [2.45, 2.75) is 25.7 Å². The minimum Gasteiger partial charge on any atom is -0.340 e. The number of hydrogen-bond donors (Lipinski definition) is 2. The van der Waals surface area contributed by atoms with Crippen molar-refractivity contribution in [3.05, 3.63) is 77.1 Å². The molecule has 2 aliphatic rings. The van der Waals surface area contributed by atoms with Gasteiger partial charge in [0.1, 0.15) is 5.82 Å². The molecule has 3 aromatic rings. The molecule has 4 heterocycles. The van der Waals surface area contributed by atoms with Gasteiger partial charge in [-0.15, -0.1) is 0 Å². The molecule has 0 aliphatic carbocycles. The molecule has 0 saturated carbocycles. The van der Waals surface area contributed by atoms with Gasteiger partial charge in [0.2, 0.25) is 0 Å². The number of aromatic nitrogens is 2. The first kappa shape index (κ1) is 19.5. The number of benzene rings is 1. The SMILES string of the molecule is Cc1ccnc(-c2cc3c(c(Nc4ccc(C5CCNCC5)cc4)n2)C(=O)[N]C=C3)c1. The summed E-state index contributed by atoms with van der Waals surface area (Å²) < 4.78 is 0. The van der Waals surface area contributed by atoms with Gasteiger partial charge < -0.3 is 10.6 Å². The smallest absolute Gasteiger partial charge is 0.281 e. The van der Waals surface area contributed by atoms with Gasteiger partial charge in [0.25, 0.3) is 5.91 Å². The summed E-state index contributed by atoms with van der Waals surface area (Å²) in [5.74, 6) is 0.813. The van der Waals surface area contributed by atoms with Gasteiger partial charge in [-0.1, -0.05) is 12.1 Å². The number of rotatable bonds is 4. The number of pyridine rings is 2. The van der Waals surface area contributed by atoms with E-state index in [-0.39, 0.29) is 5.91 Å². The van der Waals surface area contributed by atoms with E-state index in [1.54, 1.807) is 6.20 Å². The molecule has 1 aromatic carbocycles. The zero-order valence-corrected chi connectivity index (χ0v) is 17.4. The van der Waals surface area contributed by atoms with E-state index in [0.717, 1.165) is 54.1 Å². The summed E-state index contributed by atoms with van der Waals surface area (Å²) in [6, 6.07) is 14.3. The molecule has 1 radical (unpaired) electrons. The van der Waals surface area contributed by atoms with Crippen LogP contribution in [-0.4, -0.2) is 29.0 Å². The third-order valence-electron chi connectivity index (χ3n) is 5.87. The van der Waals surface area contributed by atoms with Crippen LogP contribution in [0.3, 0.4) is 0 Å². The van der Waals surface area contributed by atoms with Crippen LogP contribution in [0.2, 0.25) is 0 Å². The Bertz CT molecular complexity index is 1150. The van der Waals surface area contributed by atoms with Crippen molar-refractivity contribution < 1.29 is 4.79 Å². The number of amides is 1. The molecule has 2 N–H and O–H groups in total. The Balaban J connectivity index is 1.49. The van der Waals surface area contributed by atoms with Gasteiger partial charge in [-0.05, 0) is 91.9 Å². The van der Waals surface area contributed by atoms with Crippen LogP contribution in [0.4, 0.5) is 11.5 Å². The normalized spacial score (nSPS) is 16.0. The lowest BCUT2D eigenvalue weighted by atomic mass is 9.90. The molecule has 5 rings (SSSR count). The second-order valence-electron chi connectivity index (χ2n) is 8.06. The van der Waals surface area contributed by atoms with Gasteiger partial charge in [0, 0.05) is 18.1 Å². The number of nitrogens with one attached hydrogen (secondary N) is 2. The Kier molecular flexibility index (Phi) is 5.22. The number of fused-ring (bicyclic) bond motifs is 1. The van der Waals surface area contributed by atoms with Crippen molar-refractivity contribution in [2.75, 3.05) is 18.4 Å².